The van der Waals surface area contributed by atoms with Crippen LogP contribution in [0.4, 0.5) is 0 Å². The van der Waals surface area contributed by atoms with Gasteiger partial charge in [0.1, 0.15) is 11.5 Å². The molecule has 0 aliphatic carbocycles. The molecule has 9 heteroatoms. The van der Waals surface area contributed by atoms with Crippen molar-refractivity contribution < 1.29 is 12.8 Å². The van der Waals surface area contributed by atoms with Crippen molar-refractivity contribution in [3.63, 3.8) is 0 Å². The predicted molar refractivity (Wildman–Crippen MR) is 106 cm³/mol. The molecule has 0 radical (unpaired) electrons. The molecule has 0 fully saturated rings. The first-order valence-electron chi connectivity index (χ1n) is 8.63. The number of hydrogen-bond acceptors (Lipinski definition) is 7. The van der Waals surface area contributed by atoms with E-state index in [2.05, 4.69) is 20.7 Å². The lowest BCUT2D eigenvalue weighted by atomic mass is 9.95. The zero-order chi connectivity index (χ0) is 19.6. The molecule has 1 N–H and O–H groups in total. The van der Waals surface area contributed by atoms with Crippen molar-refractivity contribution in [3.8, 4) is 0 Å². The standard InChI is InChI=1S/C19H17ClN4O3S/c20-15-8-6-13(7-9-15)11-28(25,26)12-17-22-24-19(27-17)18-16(10-21-23-18)14-4-2-1-3-5-14/h1-9,16,21H,10-12H2/t16-/m0/s1. The fourth-order valence-corrected chi connectivity index (χ4v) is 4.47. The minimum atomic E-state index is -3.47. The summed E-state index contributed by atoms with van der Waals surface area (Å²) in [7, 11) is -3.47. The Bertz CT molecular complexity index is 1100. The molecule has 0 saturated heterocycles. The molecular weight excluding hydrogens is 400 g/mol. The molecular formula is C19H17ClN4O3S. The average molecular weight is 417 g/mol. The molecule has 0 unspecified atom stereocenters. The van der Waals surface area contributed by atoms with Crippen LogP contribution in [0.15, 0.2) is 64.1 Å². The van der Waals surface area contributed by atoms with E-state index in [0.717, 1.165) is 5.56 Å². The number of hydrazone groups is 1. The van der Waals surface area contributed by atoms with Gasteiger partial charge < -0.3 is 9.84 Å². The summed E-state index contributed by atoms with van der Waals surface area (Å²) in [6.45, 7) is 0.617. The predicted octanol–water partition coefficient (Wildman–Crippen LogP) is 2.93. The Balaban J connectivity index is 1.49. The number of benzene rings is 2. The van der Waals surface area contributed by atoms with Gasteiger partial charge in [0.2, 0.25) is 5.89 Å². The molecule has 0 bridgehead atoms. The van der Waals surface area contributed by atoms with Crippen LogP contribution in [0.25, 0.3) is 0 Å². The third-order valence-electron chi connectivity index (χ3n) is 4.36. The van der Waals surface area contributed by atoms with Gasteiger partial charge in [0.25, 0.3) is 5.89 Å². The van der Waals surface area contributed by atoms with Crippen molar-refractivity contribution in [2.24, 2.45) is 5.10 Å². The van der Waals surface area contributed by atoms with Gasteiger partial charge in [-0.1, -0.05) is 54.1 Å². The Labute approximate surface area is 167 Å². The first-order valence-corrected chi connectivity index (χ1v) is 10.8. The van der Waals surface area contributed by atoms with E-state index >= 15 is 0 Å². The van der Waals surface area contributed by atoms with Crippen LogP contribution in [0, 0.1) is 0 Å². The molecule has 1 aliphatic rings. The van der Waals surface area contributed by atoms with E-state index in [1.54, 1.807) is 24.3 Å². The molecule has 1 atom stereocenters. The number of halogens is 1. The van der Waals surface area contributed by atoms with Gasteiger partial charge >= 0.3 is 0 Å². The van der Waals surface area contributed by atoms with Gasteiger partial charge in [-0.2, -0.15) is 5.10 Å². The Kier molecular flexibility index (Phi) is 5.15. The molecule has 7 nitrogen and oxygen atoms in total. The zero-order valence-corrected chi connectivity index (χ0v) is 16.3. The summed E-state index contributed by atoms with van der Waals surface area (Å²) in [6.07, 6.45) is 0. The normalized spacial score (nSPS) is 16.6. The van der Waals surface area contributed by atoms with Crippen molar-refractivity contribution in [2.45, 2.75) is 17.4 Å². The number of sulfone groups is 1. The number of aromatic nitrogens is 2. The van der Waals surface area contributed by atoms with Crippen LogP contribution in [0.2, 0.25) is 5.02 Å². The largest absolute Gasteiger partial charge is 0.418 e. The molecule has 0 amide bonds. The van der Waals surface area contributed by atoms with Crippen molar-refractivity contribution in [3.05, 3.63) is 82.5 Å². The Hall–Kier alpha value is -2.71. The summed E-state index contributed by atoms with van der Waals surface area (Å²) < 4.78 is 30.6. The van der Waals surface area contributed by atoms with Crippen LogP contribution >= 0.6 is 11.6 Å². The maximum atomic E-state index is 12.5. The monoisotopic (exact) mass is 416 g/mol. The fraction of sp³-hybridized carbons (Fsp3) is 0.211. The van der Waals surface area contributed by atoms with Crippen molar-refractivity contribution >= 4 is 27.1 Å². The summed E-state index contributed by atoms with van der Waals surface area (Å²) in [5.74, 6) is -0.211. The van der Waals surface area contributed by atoms with Crippen LogP contribution < -0.4 is 5.43 Å². The van der Waals surface area contributed by atoms with E-state index in [4.69, 9.17) is 16.0 Å². The third kappa shape index (κ3) is 4.23. The number of nitrogens with zero attached hydrogens (tertiary/aromatic N) is 3. The average Bonchev–Trinajstić information content (AvgIpc) is 3.33. The second kappa shape index (κ2) is 7.73. The van der Waals surface area contributed by atoms with Gasteiger partial charge in [-0.05, 0) is 23.3 Å². The van der Waals surface area contributed by atoms with E-state index in [1.807, 2.05) is 30.3 Å². The van der Waals surface area contributed by atoms with Crippen LogP contribution in [0.5, 0.6) is 0 Å². The smallest absolute Gasteiger partial charge is 0.264 e. The van der Waals surface area contributed by atoms with E-state index in [-0.39, 0.29) is 29.2 Å². The first kappa shape index (κ1) is 18.6. The molecule has 0 spiro atoms. The molecule has 3 aromatic rings. The second-order valence-electron chi connectivity index (χ2n) is 6.48. The minimum absolute atomic E-state index is 0.0276. The maximum absolute atomic E-state index is 12.5. The highest BCUT2D eigenvalue weighted by molar-refractivity contribution is 7.89. The molecule has 144 valence electrons. The molecule has 4 rings (SSSR count). The topological polar surface area (TPSA) is 97.5 Å². The highest BCUT2D eigenvalue weighted by Crippen LogP contribution is 2.24. The summed E-state index contributed by atoms with van der Waals surface area (Å²) in [5, 5.41) is 12.7. The second-order valence-corrected chi connectivity index (χ2v) is 8.98. The van der Waals surface area contributed by atoms with Gasteiger partial charge in [0.15, 0.2) is 9.84 Å². The highest BCUT2D eigenvalue weighted by atomic mass is 35.5. The molecule has 1 aromatic heterocycles. The van der Waals surface area contributed by atoms with Gasteiger partial charge in [-0.25, -0.2) is 8.42 Å². The van der Waals surface area contributed by atoms with Gasteiger partial charge in [0, 0.05) is 11.6 Å². The molecule has 28 heavy (non-hydrogen) atoms. The van der Waals surface area contributed by atoms with E-state index in [1.165, 1.54) is 0 Å². The lowest BCUT2D eigenvalue weighted by Gasteiger charge is -2.09. The van der Waals surface area contributed by atoms with E-state index in [9.17, 15) is 8.42 Å². The van der Waals surface area contributed by atoms with Gasteiger partial charge in [0.05, 0.1) is 11.7 Å². The van der Waals surface area contributed by atoms with E-state index in [0.29, 0.717) is 22.8 Å². The Morgan fingerprint density at radius 3 is 2.54 bits per heavy atom. The van der Waals surface area contributed by atoms with Crippen LogP contribution in [-0.2, 0) is 21.3 Å². The third-order valence-corrected chi connectivity index (χ3v) is 6.07. The van der Waals surface area contributed by atoms with Crippen LogP contribution in [-0.4, -0.2) is 30.9 Å². The van der Waals surface area contributed by atoms with Gasteiger partial charge in [-0.15, -0.1) is 10.2 Å². The minimum Gasteiger partial charge on any atom is -0.418 e. The Morgan fingerprint density at radius 1 is 1.04 bits per heavy atom. The molecule has 1 aliphatic heterocycles. The number of rotatable bonds is 6. The number of nitrogens with one attached hydrogen (secondary N) is 1. The summed E-state index contributed by atoms with van der Waals surface area (Å²) in [6, 6.07) is 16.5. The molecule has 2 aromatic carbocycles. The van der Waals surface area contributed by atoms with Gasteiger partial charge in [-0.3, -0.25) is 0 Å². The lowest BCUT2D eigenvalue weighted by molar-refractivity contribution is 0.497. The van der Waals surface area contributed by atoms with Crippen LogP contribution in [0.3, 0.4) is 0 Å². The number of hydrogen-bond donors (Lipinski definition) is 1. The summed E-state index contributed by atoms with van der Waals surface area (Å²) >= 11 is 5.83. The van der Waals surface area contributed by atoms with E-state index < -0.39 is 9.84 Å². The molecule has 0 saturated carbocycles. The zero-order valence-electron chi connectivity index (χ0n) is 14.7. The maximum Gasteiger partial charge on any atom is 0.264 e. The van der Waals surface area contributed by atoms with Crippen LogP contribution in [0.1, 0.15) is 28.8 Å². The highest BCUT2D eigenvalue weighted by Gasteiger charge is 2.29. The first-order chi connectivity index (χ1) is 13.5. The molecule has 2 heterocycles. The van der Waals surface area contributed by atoms with Crippen molar-refractivity contribution in [2.75, 3.05) is 6.54 Å². The SMILES string of the molecule is O=S(=O)(Cc1ccc(Cl)cc1)Cc1nnc(C2=NNC[C@H]2c2ccccc2)o1. The summed E-state index contributed by atoms with van der Waals surface area (Å²) in [4.78, 5) is 0. The van der Waals surface area contributed by atoms with Crippen molar-refractivity contribution in [1.29, 1.82) is 0 Å². The lowest BCUT2D eigenvalue weighted by Crippen LogP contribution is -2.14. The quantitative estimate of drug-likeness (QED) is 0.663. The van der Waals surface area contributed by atoms with Crippen molar-refractivity contribution in [1.82, 2.24) is 15.6 Å². The fourth-order valence-electron chi connectivity index (χ4n) is 3.04. The Morgan fingerprint density at radius 2 is 1.79 bits per heavy atom. The summed E-state index contributed by atoms with van der Waals surface area (Å²) in [5.41, 5.74) is 5.28.